The minimum Gasteiger partial charge on any atom is -0.298 e. The number of carbonyl (C=O) groups is 1. The topological polar surface area (TPSA) is 42.9 Å². The number of benzene rings is 1. The summed E-state index contributed by atoms with van der Waals surface area (Å²) in [5.41, 5.74) is 1.90. The van der Waals surface area contributed by atoms with E-state index in [1.807, 2.05) is 24.3 Å². The lowest BCUT2D eigenvalue weighted by atomic mass is 10.1. The lowest BCUT2D eigenvalue weighted by Crippen LogP contribution is -1.91. The Hall–Kier alpha value is -1.68. The van der Waals surface area contributed by atoms with Crippen molar-refractivity contribution < 1.29 is 4.79 Å². The molecule has 0 saturated heterocycles. The van der Waals surface area contributed by atoms with Crippen molar-refractivity contribution in [3.8, 4) is 0 Å². The summed E-state index contributed by atoms with van der Waals surface area (Å²) in [6.07, 6.45) is 6.90. The third-order valence-electron chi connectivity index (χ3n) is 2.27. The molecule has 0 radical (unpaired) electrons. The molecule has 0 N–H and O–H groups in total. The smallest absolute Gasteiger partial charge is 0.150 e. The highest BCUT2D eigenvalue weighted by molar-refractivity contribution is 7.99. The highest BCUT2D eigenvalue weighted by atomic mass is 32.2. The summed E-state index contributed by atoms with van der Waals surface area (Å²) in [7, 11) is 0. The summed E-state index contributed by atoms with van der Waals surface area (Å²) in [5.74, 6) is 0.932. The Kier molecular flexibility index (Phi) is 4.27. The first kappa shape index (κ1) is 11.8. The van der Waals surface area contributed by atoms with E-state index in [2.05, 4.69) is 9.97 Å². The van der Waals surface area contributed by atoms with Crippen molar-refractivity contribution in [2.75, 3.05) is 5.75 Å². The summed E-state index contributed by atoms with van der Waals surface area (Å²) in [4.78, 5) is 18.8. The second kappa shape index (κ2) is 6.15. The van der Waals surface area contributed by atoms with Crippen LogP contribution in [-0.2, 0) is 6.42 Å². The molecule has 86 valence electrons. The van der Waals surface area contributed by atoms with Gasteiger partial charge in [-0.05, 0) is 18.1 Å². The molecule has 0 amide bonds. The molecule has 1 aromatic heterocycles. The van der Waals surface area contributed by atoms with E-state index in [9.17, 15) is 4.79 Å². The number of nitrogens with zero attached hydrogens (tertiary/aromatic N) is 2. The van der Waals surface area contributed by atoms with Gasteiger partial charge >= 0.3 is 0 Å². The number of aryl methyl sites for hydroxylation is 1. The normalized spacial score (nSPS) is 10.1. The molecule has 0 fully saturated rings. The molecule has 1 aromatic carbocycles. The van der Waals surface area contributed by atoms with E-state index in [0.29, 0.717) is 0 Å². The van der Waals surface area contributed by atoms with E-state index in [-0.39, 0.29) is 0 Å². The maximum atomic E-state index is 10.6. The molecule has 1 heterocycles. The van der Waals surface area contributed by atoms with Gasteiger partial charge in [-0.25, -0.2) is 4.98 Å². The highest BCUT2D eigenvalue weighted by Gasteiger charge is 1.98. The molecule has 0 unspecified atom stereocenters. The maximum Gasteiger partial charge on any atom is 0.150 e. The first-order valence-corrected chi connectivity index (χ1v) is 6.30. The molecule has 0 atom stereocenters. The van der Waals surface area contributed by atoms with E-state index in [4.69, 9.17) is 0 Å². The first-order chi connectivity index (χ1) is 8.38. The first-order valence-electron chi connectivity index (χ1n) is 5.31. The van der Waals surface area contributed by atoms with E-state index >= 15 is 0 Å². The van der Waals surface area contributed by atoms with Crippen LogP contribution in [0.3, 0.4) is 0 Å². The molecular formula is C13H12N2OS. The summed E-state index contributed by atoms with van der Waals surface area (Å²) < 4.78 is 0. The molecular weight excluding hydrogens is 232 g/mol. The zero-order valence-corrected chi connectivity index (χ0v) is 10.1. The summed E-state index contributed by atoms with van der Waals surface area (Å²) in [6.45, 7) is 0. The summed E-state index contributed by atoms with van der Waals surface area (Å²) in [5, 5.41) is 0.930. The Labute approximate surface area is 104 Å². The van der Waals surface area contributed by atoms with Gasteiger partial charge < -0.3 is 0 Å². The fraction of sp³-hybridized carbons (Fsp3) is 0.154. The van der Waals surface area contributed by atoms with Crippen LogP contribution >= 0.6 is 11.8 Å². The van der Waals surface area contributed by atoms with Crippen LogP contribution in [0, 0.1) is 0 Å². The standard InChI is InChI=1S/C13H12N2OS/c16-10-12-3-1-2-11(8-12)4-7-17-13-9-14-5-6-15-13/h1-3,5-6,8-10H,4,7H2. The molecule has 0 aliphatic heterocycles. The third kappa shape index (κ3) is 3.67. The Morgan fingerprint density at radius 1 is 1.29 bits per heavy atom. The van der Waals surface area contributed by atoms with Crippen molar-refractivity contribution in [1.29, 1.82) is 0 Å². The van der Waals surface area contributed by atoms with Crippen LogP contribution in [0.1, 0.15) is 15.9 Å². The van der Waals surface area contributed by atoms with Crippen LogP contribution in [0.25, 0.3) is 0 Å². The highest BCUT2D eigenvalue weighted by Crippen LogP contribution is 2.15. The molecule has 0 saturated carbocycles. The van der Waals surface area contributed by atoms with Crippen LogP contribution in [0.15, 0.2) is 47.9 Å². The predicted molar refractivity (Wildman–Crippen MR) is 68.3 cm³/mol. The van der Waals surface area contributed by atoms with Crippen LogP contribution in [0.2, 0.25) is 0 Å². The number of aldehydes is 1. The quantitative estimate of drug-likeness (QED) is 0.599. The second-order valence-corrected chi connectivity index (χ2v) is 4.62. The molecule has 0 spiro atoms. The van der Waals surface area contributed by atoms with Gasteiger partial charge in [0, 0.05) is 23.7 Å². The largest absolute Gasteiger partial charge is 0.298 e. The number of hydrogen-bond donors (Lipinski definition) is 0. The molecule has 4 heteroatoms. The third-order valence-corrected chi connectivity index (χ3v) is 3.18. The maximum absolute atomic E-state index is 10.6. The number of thioether (sulfide) groups is 1. The zero-order valence-electron chi connectivity index (χ0n) is 9.24. The SMILES string of the molecule is O=Cc1cccc(CCSc2cnccn2)c1. The lowest BCUT2D eigenvalue weighted by molar-refractivity contribution is 0.112. The minimum atomic E-state index is 0.729. The average Bonchev–Trinajstić information content (AvgIpc) is 2.40. The fourth-order valence-electron chi connectivity index (χ4n) is 1.46. The van der Waals surface area contributed by atoms with Crippen LogP contribution in [-0.4, -0.2) is 22.0 Å². The van der Waals surface area contributed by atoms with Gasteiger partial charge in [0.2, 0.25) is 0 Å². The fourth-order valence-corrected chi connectivity index (χ4v) is 2.27. The summed E-state index contributed by atoms with van der Waals surface area (Å²) >= 11 is 1.67. The van der Waals surface area contributed by atoms with Gasteiger partial charge in [-0.3, -0.25) is 9.78 Å². The number of rotatable bonds is 5. The van der Waals surface area contributed by atoms with Crippen LogP contribution in [0.4, 0.5) is 0 Å². The van der Waals surface area contributed by atoms with Crippen molar-refractivity contribution in [1.82, 2.24) is 9.97 Å². The van der Waals surface area contributed by atoms with Gasteiger partial charge in [0.1, 0.15) is 11.3 Å². The molecule has 2 aromatic rings. The van der Waals surface area contributed by atoms with Gasteiger partial charge in [-0.15, -0.1) is 11.8 Å². The van der Waals surface area contributed by atoms with Crippen molar-refractivity contribution in [2.24, 2.45) is 0 Å². The Balaban J connectivity index is 1.88. The Bertz CT molecular complexity index is 488. The zero-order chi connectivity index (χ0) is 11.9. The average molecular weight is 244 g/mol. The predicted octanol–water partition coefficient (Wildman–Crippen LogP) is 2.62. The van der Waals surface area contributed by atoms with Gasteiger partial charge in [-0.2, -0.15) is 0 Å². The number of hydrogen-bond acceptors (Lipinski definition) is 4. The number of carbonyl (C=O) groups excluding carboxylic acids is 1. The van der Waals surface area contributed by atoms with E-state index in [1.54, 1.807) is 30.4 Å². The molecule has 2 rings (SSSR count). The van der Waals surface area contributed by atoms with Gasteiger partial charge in [0.25, 0.3) is 0 Å². The van der Waals surface area contributed by atoms with Crippen molar-refractivity contribution in [3.63, 3.8) is 0 Å². The van der Waals surface area contributed by atoms with E-state index in [1.165, 1.54) is 5.56 Å². The van der Waals surface area contributed by atoms with Gasteiger partial charge in [0.15, 0.2) is 0 Å². The second-order valence-electron chi connectivity index (χ2n) is 3.50. The van der Waals surface area contributed by atoms with Crippen LogP contribution < -0.4 is 0 Å². The molecule has 3 nitrogen and oxygen atoms in total. The lowest BCUT2D eigenvalue weighted by Gasteiger charge is -2.01. The van der Waals surface area contributed by atoms with Crippen molar-refractivity contribution in [2.45, 2.75) is 11.4 Å². The van der Waals surface area contributed by atoms with Gasteiger partial charge in [0.05, 0.1) is 6.20 Å². The molecule has 0 aliphatic carbocycles. The number of aromatic nitrogens is 2. The molecule has 0 bridgehead atoms. The van der Waals surface area contributed by atoms with E-state index in [0.717, 1.165) is 29.0 Å². The van der Waals surface area contributed by atoms with Gasteiger partial charge in [-0.1, -0.05) is 18.2 Å². The van der Waals surface area contributed by atoms with Crippen molar-refractivity contribution in [3.05, 3.63) is 54.0 Å². The Morgan fingerprint density at radius 2 is 2.24 bits per heavy atom. The van der Waals surface area contributed by atoms with Crippen LogP contribution in [0.5, 0.6) is 0 Å². The monoisotopic (exact) mass is 244 g/mol. The minimum absolute atomic E-state index is 0.729. The summed E-state index contributed by atoms with van der Waals surface area (Å²) in [6, 6.07) is 7.67. The molecule has 0 aliphatic rings. The molecule has 17 heavy (non-hydrogen) atoms. The van der Waals surface area contributed by atoms with E-state index < -0.39 is 0 Å². The Morgan fingerprint density at radius 3 is 3.00 bits per heavy atom. The van der Waals surface area contributed by atoms with Crippen molar-refractivity contribution >= 4 is 18.0 Å².